The smallest absolute Gasteiger partial charge is 0.362 e. The summed E-state index contributed by atoms with van der Waals surface area (Å²) in [5.74, 6) is -3.49. The second-order valence-electron chi connectivity index (χ2n) is 10.4. The summed E-state index contributed by atoms with van der Waals surface area (Å²) in [6.07, 6.45) is 7.38. The topological polar surface area (TPSA) is 174 Å². The van der Waals surface area contributed by atoms with Crippen molar-refractivity contribution < 1.29 is 33.7 Å². The number of nitrogens with one attached hydrogen (secondary N) is 2. The van der Waals surface area contributed by atoms with Crippen LogP contribution in [0.25, 0.3) is 6.08 Å². The first-order valence-corrected chi connectivity index (χ1v) is 14.0. The summed E-state index contributed by atoms with van der Waals surface area (Å²) in [5.41, 5.74) is 2.48. The fourth-order valence-corrected chi connectivity index (χ4v) is 5.20. The summed E-state index contributed by atoms with van der Waals surface area (Å²) in [4.78, 5) is 74.8. The minimum atomic E-state index is -1.16. The fraction of sp³-hybridized carbons (Fsp3) is 0.219. The van der Waals surface area contributed by atoms with Crippen LogP contribution in [0.15, 0.2) is 89.5 Å². The third-order valence-corrected chi connectivity index (χ3v) is 7.32. The van der Waals surface area contributed by atoms with Gasteiger partial charge in [0.25, 0.3) is 17.5 Å². The van der Waals surface area contributed by atoms with Gasteiger partial charge in [-0.15, -0.1) is 5.06 Å². The molecule has 3 heterocycles. The van der Waals surface area contributed by atoms with Crippen molar-refractivity contribution in [3.63, 3.8) is 0 Å². The molecule has 2 amide bonds. The van der Waals surface area contributed by atoms with Crippen LogP contribution in [0, 0.1) is 10.1 Å². The lowest BCUT2D eigenvalue weighted by molar-refractivity contribution is -0.384. The lowest BCUT2D eigenvalue weighted by Gasteiger charge is -2.30. The SMILES string of the molecule is CC1=C(C(=O)OC/C=C/c2ccc(Cc3ncc[nH]3)cc2)C(c2cccc([N+](=O)[O-])c2)C(C(=O)ON2C(=O)CCC2=O)=C(C)N1. The first-order valence-electron chi connectivity index (χ1n) is 14.0. The largest absolute Gasteiger partial charge is 0.458 e. The monoisotopic (exact) mass is 611 g/mol. The van der Waals surface area contributed by atoms with E-state index in [9.17, 15) is 29.3 Å². The molecule has 2 aliphatic heterocycles. The van der Waals surface area contributed by atoms with Crippen LogP contribution < -0.4 is 5.32 Å². The number of benzene rings is 2. The highest BCUT2D eigenvalue weighted by Gasteiger charge is 2.41. The van der Waals surface area contributed by atoms with Gasteiger partial charge in [-0.25, -0.2) is 14.6 Å². The number of hydrogen-bond acceptors (Lipinski definition) is 10. The Morgan fingerprint density at radius 3 is 2.38 bits per heavy atom. The number of hydroxylamine groups is 2. The van der Waals surface area contributed by atoms with Crippen LogP contribution in [0.4, 0.5) is 5.69 Å². The predicted octanol–water partition coefficient (Wildman–Crippen LogP) is 4.01. The predicted molar refractivity (Wildman–Crippen MR) is 159 cm³/mol. The molecule has 0 saturated carbocycles. The third kappa shape index (κ3) is 6.88. The minimum absolute atomic E-state index is 0.0165. The van der Waals surface area contributed by atoms with Gasteiger partial charge >= 0.3 is 11.9 Å². The Morgan fingerprint density at radius 1 is 1.04 bits per heavy atom. The number of aromatic nitrogens is 2. The molecule has 3 aromatic rings. The van der Waals surface area contributed by atoms with E-state index >= 15 is 0 Å². The molecule has 0 bridgehead atoms. The number of dihydropyridines is 1. The quantitative estimate of drug-likeness (QED) is 0.148. The zero-order valence-corrected chi connectivity index (χ0v) is 24.4. The third-order valence-electron chi connectivity index (χ3n) is 7.32. The van der Waals surface area contributed by atoms with E-state index < -0.39 is 34.6 Å². The number of allylic oxidation sites excluding steroid dienone is 2. The first-order chi connectivity index (χ1) is 21.6. The zero-order chi connectivity index (χ0) is 32.1. The Morgan fingerprint density at radius 2 is 1.73 bits per heavy atom. The Bertz CT molecular complexity index is 1740. The van der Waals surface area contributed by atoms with Gasteiger partial charge in [0.05, 0.1) is 22.0 Å². The Balaban J connectivity index is 1.36. The summed E-state index contributed by atoms with van der Waals surface area (Å²) >= 11 is 0. The van der Waals surface area contributed by atoms with Crippen LogP contribution >= 0.6 is 0 Å². The number of H-pyrrole nitrogens is 1. The average Bonchev–Trinajstić information content (AvgIpc) is 3.64. The molecule has 0 spiro atoms. The molecule has 2 aromatic carbocycles. The number of carbonyl (C=O) groups excluding carboxylic acids is 4. The molecular formula is C32H29N5O8. The van der Waals surface area contributed by atoms with Gasteiger partial charge in [0.2, 0.25) is 0 Å². The molecule has 230 valence electrons. The number of imidazole rings is 1. The number of imide groups is 1. The van der Waals surface area contributed by atoms with Gasteiger partial charge in [-0.05, 0) is 36.6 Å². The van der Waals surface area contributed by atoms with Gasteiger partial charge in [0.15, 0.2) is 0 Å². The number of non-ortho nitro benzene ring substituents is 1. The Labute approximate surface area is 257 Å². The van der Waals surface area contributed by atoms with E-state index in [-0.39, 0.29) is 47.5 Å². The molecule has 2 N–H and O–H groups in total. The van der Waals surface area contributed by atoms with Crippen molar-refractivity contribution in [3.05, 3.63) is 122 Å². The normalized spacial score (nSPS) is 16.8. The molecule has 0 aliphatic carbocycles. The molecule has 1 aromatic heterocycles. The van der Waals surface area contributed by atoms with Gasteiger partial charge in [-0.2, -0.15) is 0 Å². The number of amides is 2. The molecule has 5 rings (SSSR count). The standard InChI is InChI=1S/C32H29N5O8/c1-19-28(31(40)44-16-4-5-21-8-10-22(11-9-21)17-25-33-14-15-34-25)30(23-6-3-7-24(18-23)37(42)43)29(20(2)35-19)32(41)45-36-26(38)12-13-27(36)39/h3-11,14-15,18,30,35H,12-13,16-17H2,1-2H3,(H,33,34)/b5-4+. The molecule has 2 aliphatic rings. The maximum atomic E-state index is 13.6. The van der Waals surface area contributed by atoms with Gasteiger partial charge in [0, 0.05) is 55.2 Å². The zero-order valence-electron chi connectivity index (χ0n) is 24.4. The van der Waals surface area contributed by atoms with Crippen LogP contribution in [0.2, 0.25) is 0 Å². The van der Waals surface area contributed by atoms with Crippen molar-refractivity contribution in [2.75, 3.05) is 6.61 Å². The number of aromatic amines is 1. The molecule has 13 nitrogen and oxygen atoms in total. The summed E-state index contributed by atoms with van der Waals surface area (Å²) in [6, 6.07) is 13.3. The summed E-state index contributed by atoms with van der Waals surface area (Å²) in [6.45, 7) is 3.06. The van der Waals surface area contributed by atoms with E-state index in [1.54, 1.807) is 38.4 Å². The number of hydrogen-bond donors (Lipinski definition) is 2. The van der Waals surface area contributed by atoms with Crippen LogP contribution in [-0.4, -0.2) is 50.3 Å². The van der Waals surface area contributed by atoms with Crippen molar-refractivity contribution in [1.82, 2.24) is 20.3 Å². The molecule has 1 unspecified atom stereocenters. The first kappa shape index (κ1) is 30.6. The fourth-order valence-electron chi connectivity index (χ4n) is 5.20. The highest BCUT2D eigenvalue weighted by atomic mass is 16.7. The van der Waals surface area contributed by atoms with Crippen LogP contribution in [0.1, 0.15) is 55.1 Å². The van der Waals surface area contributed by atoms with Crippen LogP contribution in [0.3, 0.4) is 0 Å². The minimum Gasteiger partial charge on any atom is -0.458 e. The maximum absolute atomic E-state index is 13.6. The van der Waals surface area contributed by atoms with Crippen LogP contribution in [-0.2, 0) is 35.2 Å². The van der Waals surface area contributed by atoms with E-state index in [4.69, 9.17) is 9.57 Å². The van der Waals surface area contributed by atoms with Crippen molar-refractivity contribution in [1.29, 1.82) is 0 Å². The maximum Gasteiger partial charge on any atom is 0.362 e. The lowest BCUT2D eigenvalue weighted by atomic mass is 9.80. The summed E-state index contributed by atoms with van der Waals surface area (Å²) in [5, 5.41) is 15.0. The molecule has 1 saturated heterocycles. The second kappa shape index (κ2) is 13.2. The van der Waals surface area contributed by atoms with E-state index in [2.05, 4.69) is 15.3 Å². The summed E-state index contributed by atoms with van der Waals surface area (Å²) < 4.78 is 5.56. The second-order valence-corrected chi connectivity index (χ2v) is 10.4. The van der Waals surface area contributed by atoms with Crippen molar-refractivity contribution in [3.8, 4) is 0 Å². The molecule has 13 heteroatoms. The average molecular weight is 612 g/mol. The van der Waals surface area contributed by atoms with Gasteiger partial charge in [-0.1, -0.05) is 42.5 Å². The highest BCUT2D eigenvalue weighted by Crippen LogP contribution is 2.40. The Hall–Kier alpha value is -5.85. The molecule has 1 fully saturated rings. The van der Waals surface area contributed by atoms with E-state index in [0.717, 1.165) is 17.0 Å². The Kier molecular flexibility index (Phi) is 8.98. The molecule has 0 radical (unpaired) electrons. The van der Waals surface area contributed by atoms with Gasteiger partial charge < -0.3 is 19.9 Å². The molecule has 45 heavy (non-hydrogen) atoms. The highest BCUT2D eigenvalue weighted by molar-refractivity contribution is 6.04. The van der Waals surface area contributed by atoms with Crippen molar-refractivity contribution in [2.45, 2.75) is 39.0 Å². The molecular weight excluding hydrogens is 582 g/mol. The number of carbonyl (C=O) groups is 4. The number of rotatable bonds is 10. The van der Waals surface area contributed by atoms with Crippen LogP contribution in [0.5, 0.6) is 0 Å². The number of ether oxygens (including phenoxy) is 1. The van der Waals surface area contributed by atoms with Crippen molar-refractivity contribution in [2.24, 2.45) is 0 Å². The van der Waals surface area contributed by atoms with E-state index in [1.165, 1.54) is 24.3 Å². The van der Waals surface area contributed by atoms with Crippen molar-refractivity contribution >= 4 is 35.5 Å². The number of nitro groups is 1. The number of esters is 1. The lowest BCUT2D eigenvalue weighted by Crippen LogP contribution is -2.37. The van der Waals surface area contributed by atoms with Gasteiger partial charge in [-0.3, -0.25) is 19.7 Å². The number of nitro benzene ring substituents is 1. The van der Waals surface area contributed by atoms with Gasteiger partial charge in [0.1, 0.15) is 12.4 Å². The molecule has 1 atom stereocenters. The summed E-state index contributed by atoms with van der Waals surface area (Å²) in [7, 11) is 0. The van der Waals surface area contributed by atoms with E-state index in [0.29, 0.717) is 17.2 Å². The number of nitrogens with zero attached hydrogens (tertiary/aromatic N) is 3. The van der Waals surface area contributed by atoms with E-state index in [1.807, 2.05) is 24.3 Å².